The molecule has 3 aromatic rings. The van der Waals surface area contributed by atoms with E-state index in [2.05, 4.69) is 25.6 Å². The normalized spacial score (nSPS) is 11.0. The van der Waals surface area contributed by atoms with Crippen molar-refractivity contribution in [3.05, 3.63) is 35.0 Å². The van der Waals surface area contributed by atoms with E-state index in [-0.39, 0.29) is 5.56 Å². The Balaban J connectivity index is 2.06. The molecule has 0 unspecified atom stereocenters. The third-order valence-corrected chi connectivity index (χ3v) is 3.69. The first-order valence-corrected chi connectivity index (χ1v) is 6.81. The first-order chi connectivity index (χ1) is 10.0. The van der Waals surface area contributed by atoms with Gasteiger partial charge in [-0.25, -0.2) is 9.78 Å². The van der Waals surface area contributed by atoms with Crippen molar-refractivity contribution >= 4 is 23.4 Å². The molecule has 106 valence electrons. The Kier molecular flexibility index (Phi) is 3.26. The van der Waals surface area contributed by atoms with Crippen LogP contribution in [0.25, 0.3) is 5.65 Å². The van der Waals surface area contributed by atoms with E-state index in [0.717, 1.165) is 5.69 Å². The number of carboxylic acids is 1. The van der Waals surface area contributed by atoms with E-state index in [0.29, 0.717) is 21.3 Å². The van der Waals surface area contributed by atoms with Gasteiger partial charge in [-0.1, -0.05) is 0 Å². The van der Waals surface area contributed by atoms with Crippen LogP contribution in [0, 0.1) is 13.8 Å². The average molecular weight is 302 g/mol. The van der Waals surface area contributed by atoms with Gasteiger partial charge in [0, 0.05) is 5.69 Å². The SMILES string of the molecule is Cc1cc(C)c(C(=O)O)c(Sc2ccc3nnnn3n2)n1. The zero-order valence-corrected chi connectivity index (χ0v) is 12.0. The molecule has 0 aliphatic carbocycles. The molecule has 0 aliphatic heterocycles. The summed E-state index contributed by atoms with van der Waals surface area (Å²) in [6, 6.07) is 5.17. The Labute approximate surface area is 123 Å². The van der Waals surface area contributed by atoms with Crippen LogP contribution in [0.4, 0.5) is 0 Å². The van der Waals surface area contributed by atoms with Crippen LogP contribution >= 0.6 is 11.8 Å². The standard InChI is InChI=1S/C12H10N6O2S/c1-6-5-7(2)13-11(10(6)12(19)20)21-9-4-3-8-14-16-17-18(8)15-9/h3-5H,1-2H3,(H,19,20). The molecule has 0 radical (unpaired) electrons. The molecule has 0 fully saturated rings. The molecule has 1 N–H and O–H groups in total. The maximum atomic E-state index is 11.4. The Hall–Kier alpha value is -2.55. The number of carboxylic acid groups (broad SMARTS) is 1. The number of aromatic carboxylic acids is 1. The van der Waals surface area contributed by atoms with Gasteiger partial charge < -0.3 is 5.11 Å². The highest BCUT2D eigenvalue weighted by atomic mass is 32.2. The Morgan fingerprint density at radius 1 is 1.33 bits per heavy atom. The molecule has 3 heterocycles. The summed E-state index contributed by atoms with van der Waals surface area (Å²) >= 11 is 1.17. The smallest absolute Gasteiger partial charge is 0.338 e. The summed E-state index contributed by atoms with van der Waals surface area (Å²) in [5.41, 5.74) is 2.12. The van der Waals surface area contributed by atoms with Crippen molar-refractivity contribution in [2.24, 2.45) is 0 Å². The number of hydrogen-bond donors (Lipinski definition) is 1. The van der Waals surface area contributed by atoms with Gasteiger partial charge in [0.05, 0.1) is 5.56 Å². The van der Waals surface area contributed by atoms with Crippen molar-refractivity contribution in [1.82, 2.24) is 30.2 Å². The highest BCUT2D eigenvalue weighted by Gasteiger charge is 2.17. The molecule has 0 saturated carbocycles. The largest absolute Gasteiger partial charge is 0.478 e. The molecule has 0 bridgehead atoms. The van der Waals surface area contributed by atoms with Gasteiger partial charge in [0.2, 0.25) is 0 Å². The Bertz CT molecular complexity index is 847. The lowest BCUT2D eigenvalue weighted by Gasteiger charge is -2.08. The van der Waals surface area contributed by atoms with Gasteiger partial charge in [-0.2, -0.15) is 0 Å². The maximum absolute atomic E-state index is 11.4. The van der Waals surface area contributed by atoms with E-state index < -0.39 is 5.97 Å². The van der Waals surface area contributed by atoms with Gasteiger partial charge in [-0.15, -0.1) is 14.8 Å². The second-order valence-corrected chi connectivity index (χ2v) is 5.38. The maximum Gasteiger partial charge on any atom is 0.338 e. The number of carbonyl (C=O) groups is 1. The molecular weight excluding hydrogens is 292 g/mol. The van der Waals surface area contributed by atoms with Crippen LogP contribution in [-0.4, -0.2) is 41.3 Å². The second kappa shape index (κ2) is 5.09. The van der Waals surface area contributed by atoms with E-state index in [1.165, 1.54) is 16.4 Å². The van der Waals surface area contributed by atoms with Gasteiger partial charge >= 0.3 is 5.97 Å². The molecule has 0 saturated heterocycles. The predicted octanol–water partition coefficient (Wildman–Crippen LogP) is 1.38. The zero-order valence-electron chi connectivity index (χ0n) is 11.2. The number of fused-ring (bicyclic) bond motifs is 1. The lowest BCUT2D eigenvalue weighted by molar-refractivity contribution is 0.0691. The van der Waals surface area contributed by atoms with E-state index in [4.69, 9.17) is 0 Å². The Morgan fingerprint density at radius 2 is 2.14 bits per heavy atom. The predicted molar refractivity (Wildman–Crippen MR) is 73.4 cm³/mol. The fraction of sp³-hybridized carbons (Fsp3) is 0.167. The summed E-state index contributed by atoms with van der Waals surface area (Å²) in [7, 11) is 0. The number of aryl methyl sites for hydroxylation is 2. The van der Waals surface area contributed by atoms with Crippen molar-refractivity contribution in [2.75, 3.05) is 0 Å². The third-order valence-electron chi connectivity index (χ3n) is 2.77. The third kappa shape index (κ3) is 2.55. The van der Waals surface area contributed by atoms with Crippen LogP contribution < -0.4 is 0 Å². The molecule has 0 aromatic carbocycles. The van der Waals surface area contributed by atoms with Gasteiger partial charge in [0.25, 0.3) is 0 Å². The first kappa shape index (κ1) is 13.4. The first-order valence-electron chi connectivity index (χ1n) is 5.99. The summed E-state index contributed by atoms with van der Waals surface area (Å²) in [5.74, 6) is -1.01. The topological polar surface area (TPSA) is 106 Å². The quantitative estimate of drug-likeness (QED) is 0.773. The van der Waals surface area contributed by atoms with Crippen LogP contribution in [0.2, 0.25) is 0 Å². The minimum Gasteiger partial charge on any atom is -0.478 e. The number of rotatable bonds is 3. The van der Waals surface area contributed by atoms with Crippen molar-refractivity contribution in [1.29, 1.82) is 0 Å². The molecule has 3 aromatic heterocycles. The van der Waals surface area contributed by atoms with Gasteiger partial charge in [-0.05, 0) is 59.8 Å². The van der Waals surface area contributed by atoms with Gasteiger partial charge in [0.15, 0.2) is 5.65 Å². The molecule has 0 aliphatic rings. The summed E-state index contributed by atoms with van der Waals surface area (Å²) in [5, 5.41) is 25.5. The summed E-state index contributed by atoms with van der Waals surface area (Å²) in [6.45, 7) is 3.57. The number of aromatic nitrogens is 6. The van der Waals surface area contributed by atoms with Crippen LogP contribution in [0.3, 0.4) is 0 Å². The minimum absolute atomic E-state index is 0.184. The zero-order chi connectivity index (χ0) is 15.0. The molecule has 0 amide bonds. The van der Waals surface area contributed by atoms with E-state index in [1.54, 1.807) is 25.1 Å². The summed E-state index contributed by atoms with van der Waals surface area (Å²) in [6.07, 6.45) is 0. The van der Waals surface area contributed by atoms with Crippen molar-refractivity contribution in [3.8, 4) is 0 Å². The Morgan fingerprint density at radius 3 is 2.90 bits per heavy atom. The summed E-state index contributed by atoms with van der Waals surface area (Å²) in [4.78, 5) is 15.7. The van der Waals surface area contributed by atoms with Crippen molar-refractivity contribution in [2.45, 2.75) is 23.9 Å². The highest BCUT2D eigenvalue weighted by molar-refractivity contribution is 7.99. The lowest BCUT2D eigenvalue weighted by atomic mass is 10.1. The van der Waals surface area contributed by atoms with Crippen LogP contribution in [-0.2, 0) is 0 Å². The fourth-order valence-corrected chi connectivity index (χ4v) is 2.92. The minimum atomic E-state index is -1.01. The van der Waals surface area contributed by atoms with Crippen molar-refractivity contribution < 1.29 is 9.90 Å². The highest BCUT2D eigenvalue weighted by Crippen LogP contribution is 2.29. The molecule has 21 heavy (non-hydrogen) atoms. The average Bonchev–Trinajstić information content (AvgIpc) is 2.84. The fourth-order valence-electron chi connectivity index (χ4n) is 1.92. The van der Waals surface area contributed by atoms with Crippen LogP contribution in [0.15, 0.2) is 28.3 Å². The molecule has 3 rings (SSSR count). The van der Waals surface area contributed by atoms with Crippen molar-refractivity contribution in [3.63, 3.8) is 0 Å². The van der Waals surface area contributed by atoms with Crippen LogP contribution in [0.1, 0.15) is 21.6 Å². The van der Waals surface area contributed by atoms with E-state index in [1.807, 2.05) is 6.92 Å². The second-order valence-electron chi connectivity index (χ2n) is 4.37. The van der Waals surface area contributed by atoms with E-state index >= 15 is 0 Å². The van der Waals surface area contributed by atoms with Gasteiger partial charge in [0.1, 0.15) is 10.1 Å². The molecule has 0 atom stereocenters. The van der Waals surface area contributed by atoms with Gasteiger partial charge in [-0.3, -0.25) is 0 Å². The van der Waals surface area contributed by atoms with E-state index in [9.17, 15) is 9.90 Å². The molecule has 0 spiro atoms. The molecule has 8 nitrogen and oxygen atoms in total. The molecule has 9 heteroatoms. The number of hydrogen-bond acceptors (Lipinski definition) is 7. The number of pyridine rings is 1. The lowest BCUT2D eigenvalue weighted by Crippen LogP contribution is -2.06. The number of nitrogens with zero attached hydrogens (tertiary/aromatic N) is 6. The summed E-state index contributed by atoms with van der Waals surface area (Å²) < 4.78 is 1.28. The number of tetrazole rings is 1. The van der Waals surface area contributed by atoms with Crippen LogP contribution in [0.5, 0.6) is 0 Å². The monoisotopic (exact) mass is 302 g/mol. The molecular formula is C12H10N6O2S.